The maximum absolute atomic E-state index is 11.5. The van der Waals surface area contributed by atoms with E-state index in [1.165, 1.54) is 11.1 Å². The third kappa shape index (κ3) is 3.86. The van der Waals surface area contributed by atoms with Crippen molar-refractivity contribution in [2.75, 3.05) is 6.54 Å². The van der Waals surface area contributed by atoms with Gasteiger partial charge in [-0.05, 0) is 43.0 Å². The van der Waals surface area contributed by atoms with Crippen LogP contribution in [0.5, 0.6) is 0 Å². The highest BCUT2D eigenvalue weighted by molar-refractivity contribution is 5.81. The Kier molecular flexibility index (Phi) is 4.70. The standard InChI is InChI=1S/C14H22N2O/c1-9(2)8-16-13(14(15)17)12-6-5-10(3)11(4)7-12/h5-7,9,13,16H,8H2,1-4H3,(H2,15,17). The van der Waals surface area contributed by atoms with Crippen LogP contribution in [0.15, 0.2) is 18.2 Å². The molecule has 1 rings (SSSR count). The number of nitrogens with two attached hydrogens (primary N) is 1. The second-order valence-corrected chi connectivity index (χ2v) is 4.98. The first-order chi connectivity index (χ1) is 7.91. The summed E-state index contributed by atoms with van der Waals surface area (Å²) in [5.41, 5.74) is 8.79. The van der Waals surface area contributed by atoms with Gasteiger partial charge in [0.2, 0.25) is 5.91 Å². The topological polar surface area (TPSA) is 55.1 Å². The summed E-state index contributed by atoms with van der Waals surface area (Å²) >= 11 is 0. The molecule has 17 heavy (non-hydrogen) atoms. The van der Waals surface area contributed by atoms with Crippen LogP contribution in [0.4, 0.5) is 0 Å². The van der Waals surface area contributed by atoms with E-state index in [2.05, 4.69) is 26.1 Å². The monoisotopic (exact) mass is 234 g/mol. The lowest BCUT2D eigenvalue weighted by Crippen LogP contribution is -2.35. The molecule has 0 aliphatic heterocycles. The van der Waals surface area contributed by atoms with Crippen molar-refractivity contribution in [1.29, 1.82) is 0 Å². The molecule has 1 amide bonds. The van der Waals surface area contributed by atoms with Gasteiger partial charge in [0.05, 0.1) is 0 Å². The van der Waals surface area contributed by atoms with Gasteiger partial charge in [-0.2, -0.15) is 0 Å². The third-order valence-corrected chi connectivity index (χ3v) is 2.88. The van der Waals surface area contributed by atoms with E-state index in [-0.39, 0.29) is 5.91 Å². The molecule has 0 radical (unpaired) electrons. The molecule has 0 fully saturated rings. The molecule has 1 aromatic carbocycles. The van der Waals surface area contributed by atoms with Gasteiger partial charge in [0.1, 0.15) is 6.04 Å². The Labute approximate surface area is 103 Å². The van der Waals surface area contributed by atoms with Gasteiger partial charge in [-0.1, -0.05) is 32.0 Å². The first-order valence-electron chi connectivity index (χ1n) is 6.01. The Morgan fingerprint density at radius 1 is 1.29 bits per heavy atom. The van der Waals surface area contributed by atoms with E-state index in [4.69, 9.17) is 5.73 Å². The number of aryl methyl sites for hydroxylation is 2. The number of hydrogen-bond donors (Lipinski definition) is 2. The summed E-state index contributed by atoms with van der Waals surface area (Å²) in [5.74, 6) is 0.164. The van der Waals surface area contributed by atoms with E-state index in [0.717, 1.165) is 12.1 Å². The molecule has 0 spiro atoms. The van der Waals surface area contributed by atoms with Crippen molar-refractivity contribution in [2.45, 2.75) is 33.7 Å². The number of nitrogens with one attached hydrogen (secondary N) is 1. The lowest BCUT2D eigenvalue weighted by atomic mass is 10.00. The molecule has 0 heterocycles. The molecule has 1 atom stereocenters. The molecule has 0 saturated carbocycles. The molecule has 3 heteroatoms. The predicted octanol–water partition coefficient (Wildman–Crippen LogP) is 2.08. The first-order valence-corrected chi connectivity index (χ1v) is 6.01. The zero-order chi connectivity index (χ0) is 13.0. The minimum Gasteiger partial charge on any atom is -0.368 e. The van der Waals surface area contributed by atoms with E-state index < -0.39 is 6.04 Å². The number of carbonyl (C=O) groups is 1. The molecule has 0 aromatic heterocycles. The number of primary amides is 1. The van der Waals surface area contributed by atoms with Crippen LogP contribution in [-0.4, -0.2) is 12.5 Å². The summed E-state index contributed by atoms with van der Waals surface area (Å²) in [7, 11) is 0. The van der Waals surface area contributed by atoms with Gasteiger partial charge >= 0.3 is 0 Å². The third-order valence-electron chi connectivity index (χ3n) is 2.88. The molecule has 0 aliphatic rings. The van der Waals surface area contributed by atoms with Crippen molar-refractivity contribution >= 4 is 5.91 Å². The van der Waals surface area contributed by atoms with Crippen molar-refractivity contribution in [3.05, 3.63) is 34.9 Å². The molecule has 1 aromatic rings. The molecule has 3 nitrogen and oxygen atoms in total. The van der Waals surface area contributed by atoms with Gasteiger partial charge in [-0.15, -0.1) is 0 Å². The van der Waals surface area contributed by atoms with Crippen molar-refractivity contribution in [3.8, 4) is 0 Å². The summed E-state index contributed by atoms with van der Waals surface area (Å²) in [6.07, 6.45) is 0. The highest BCUT2D eigenvalue weighted by Gasteiger charge is 2.17. The Morgan fingerprint density at radius 2 is 1.94 bits per heavy atom. The smallest absolute Gasteiger partial charge is 0.239 e. The molecule has 0 saturated heterocycles. The Bertz CT molecular complexity index is 399. The molecular weight excluding hydrogens is 212 g/mol. The second-order valence-electron chi connectivity index (χ2n) is 4.98. The fraction of sp³-hybridized carbons (Fsp3) is 0.500. The van der Waals surface area contributed by atoms with Crippen molar-refractivity contribution in [1.82, 2.24) is 5.32 Å². The second kappa shape index (κ2) is 5.82. The lowest BCUT2D eigenvalue weighted by molar-refractivity contribution is -0.120. The van der Waals surface area contributed by atoms with E-state index in [0.29, 0.717) is 5.92 Å². The summed E-state index contributed by atoms with van der Waals surface area (Å²) < 4.78 is 0. The average Bonchev–Trinajstić information content (AvgIpc) is 2.22. The number of amides is 1. The van der Waals surface area contributed by atoms with Crippen LogP contribution in [0.2, 0.25) is 0 Å². The van der Waals surface area contributed by atoms with Crippen LogP contribution in [-0.2, 0) is 4.79 Å². The van der Waals surface area contributed by atoms with Crippen LogP contribution >= 0.6 is 0 Å². The van der Waals surface area contributed by atoms with Crippen molar-refractivity contribution in [3.63, 3.8) is 0 Å². The maximum Gasteiger partial charge on any atom is 0.239 e. The SMILES string of the molecule is Cc1ccc(C(NCC(C)C)C(N)=O)cc1C. The summed E-state index contributed by atoms with van der Waals surface area (Å²) in [6, 6.07) is 5.62. The summed E-state index contributed by atoms with van der Waals surface area (Å²) in [5, 5.41) is 3.21. The quantitative estimate of drug-likeness (QED) is 0.819. The van der Waals surface area contributed by atoms with Gasteiger partial charge in [0, 0.05) is 0 Å². The highest BCUT2D eigenvalue weighted by Crippen LogP contribution is 2.17. The minimum absolute atomic E-state index is 0.325. The minimum atomic E-state index is -0.392. The van der Waals surface area contributed by atoms with Gasteiger partial charge < -0.3 is 11.1 Å². The molecule has 94 valence electrons. The Hall–Kier alpha value is -1.35. The van der Waals surface area contributed by atoms with Crippen LogP contribution in [0.1, 0.15) is 36.6 Å². The fourth-order valence-electron chi connectivity index (χ4n) is 1.68. The van der Waals surface area contributed by atoms with Gasteiger partial charge in [0.25, 0.3) is 0 Å². The van der Waals surface area contributed by atoms with Crippen LogP contribution < -0.4 is 11.1 Å². The van der Waals surface area contributed by atoms with Gasteiger partial charge in [-0.25, -0.2) is 0 Å². The molecular formula is C14H22N2O. The number of rotatable bonds is 5. The Balaban J connectivity index is 2.89. The van der Waals surface area contributed by atoms with Crippen molar-refractivity contribution in [2.24, 2.45) is 11.7 Å². The molecule has 0 bridgehead atoms. The molecule has 3 N–H and O–H groups in total. The first kappa shape index (κ1) is 13.7. The maximum atomic E-state index is 11.5. The number of hydrogen-bond acceptors (Lipinski definition) is 2. The van der Waals surface area contributed by atoms with E-state index in [9.17, 15) is 4.79 Å². The van der Waals surface area contributed by atoms with Crippen LogP contribution in [0, 0.1) is 19.8 Å². The number of benzene rings is 1. The number of carbonyl (C=O) groups excluding carboxylic acids is 1. The van der Waals surface area contributed by atoms with Crippen LogP contribution in [0.25, 0.3) is 0 Å². The average molecular weight is 234 g/mol. The summed E-state index contributed by atoms with van der Waals surface area (Å²) in [4.78, 5) is 11.5. The Morgan fingerprint density at radius 3 is 2.41 bits per heavy atom. The fourth-order valence-corrected chi connectivity index (χ4v) is 1.68. The van der Waals surface area contributed by atoms with E-state index >= 15 is 0 Å². The highest BCUT2D eigenvalue weighted by atomic mass is 16.1. The molecule has 1 unspecified atom stereocenters. The predicted molar refractivity (Wildman–Crippen MR) is 70.7 cm³/mol. The van der Waals surface area contributed by atoms with E-state index in [1.54, 1.807) is 0 Å². The van der Waals surface area contributed by atoms with Gasteiger partial charge in [0.15, 0.2) is 0 Å². The zero-order valence-corrected chi connectivity index (χ0v) is 11.1. The van der Waals surface area contributed by atoms with Gasteiger partial charge in [-0.3, -0.25) is 4.79 Å². The van der Waals surface area contributed by atoms with Crippen molar-refractivity contribution < 1.29 is 4.79 Å². The zero-order valence-electron chi connectivity index (χ0n) is 11.1. The van der Waals surface area contributed by atoms with E-state index in [1.807, 2.05) is 25.1 Å². The van der Waals surface area contributed by atoms with Crippen LogP contribution in [0.3, 0.4) is 0 Å². The normalized spacial score (nSPS) is 12.8. The lowest BCUT2D eigenvalue weighted by Gasteiger charge is -2.18. The summed E-state index contributed by atoms with van der Waals surface area (Å²) in [6.45, 7) is 9.08. The molecule has 0 aliphatic carbocycles. The largest absolute Gasteiger partial charge is 0.368 e.